The molecule has 1 aliphatic heterocycles. The Kier molecular flexibility index (Phi) is 7.06. The molecule has 1 fully saturated rings. The number of hydrogen-bond acceptors (Lipinski definition) is 3. The number of amides is 3. The number of carboxylic acid groups (broad SMARTS) is 1. The standard InChI is InChI=1S/C17H22ClN3O4/c18-14-5-1-4-13(12-14)16(24)20-8-3-9-21(11-10-20)17(25)19-7-2-6-15(22)23/h1,4-5,12H,2-3,6-11H2,(H,19,25)(H,22,23). The summed E-state index contributed by atoms with van der Waals surface area (Å²) in [4.78, 5) is 38.5. The van der Waals surface area contributed by atoms with Crippen molar-refractivity contribution in [2.24, 2.45) is 0 Å². The largest absolute Gasteiger partial charge is 0.481 e. The fraction of sp³-hybridized carbons (Fsp3) is 0.471. The molecule has 0 saturated carbocycles. The van der Waals surface area contributed by atoms with E-state index in [9.17, 15) is 14.4 Å². The van der Waals surface area contributed by atoms with Crippen LogP contribution in [0.1, 0.15) is 29.6 Å². The highest BCUT2D eigenvalue weighted by Gasteiger charge is 2.22. The van der Waals surface area contributed by atoms with E-state index in [1.165, 1.54) is 0 Å². The molecule has 7 nitrogen and oxygen atoms in total. The zero-order valence-electron chi connectivity index (χ0n) is 13.9. The number of benzene rings is 1. The number of rotatable bonds is 5. The van der Waals surface area contributed by atoms with Gasteiger partial charge >= 0.3 is 12.0 Å². The smallest absolute Gasteiger partial charge is 0.317 e. The minimum Gasteiger partial charge on any atom is -0.481 e. The molecule has 136 valence electrons. The Labute approximate surface area is 151 Å². The van der Waals surface area contributed by atoms with Crippen LogP contribution in [0.3, 0.4) is 0 Å². The zero-order valence-corrected chi connectivity index (χ0v) is 14.7. The van der Waals surface area contributed by atoms with E-state index in [1.807, 2.05) is 0 Å². The first-order chi connectivity index (χ1) is 12.0. The van der Waals surface area contributed by atoms with Gasteiger partial charge in [0.25, 0.3) is 5.91 Å². The third kappa shape index (κ3) is 5.94. The van der Waals surface area contributed by atoms with Crippen LogP contribution >= 0.6 is 11.6 Å². The SMILES string of the molecule is O=C(O)CCCNC(=O)N1CCCN(C(=O)c2cccc(Cl)c2)CC1. The number of nitrogens with zero attached hydrogens (tertiary/aromatic N) is 2. The van der Waals surface area contributed by atoms with E-state index in [0.717, 1.165) is 0 Å². The highest BCUT2D eigenvalue weighted by Crippen LogP contribution is 2.14. The predicted molar refractivity (Wildman–Crippen MR) is 93.8 cm³/mol. The van der Waals surface area contributed by atoms with Crippen molar-refractivity contribution < 1.29 is 19.5 Å². The van der Waals surface area contributed by atoms with E-state index < -0.39 is 5.97 Å². The summed E-state index contributed by atoms with van der Waals surface area (Å²) < 4.78 is 0. The van der Waals surface area contributed by atoms with Gasteiger partial charge in [-0.25, -0.2) is 4.79 Å². The number of carbonyl (C=O) groups excluding carboxylic acids is 2. The lowest BCUT2D eigenvalue weighted by Gasteiger charge is -2.22. The first kappa shape index (κ1) is 19.1. The molecule has 0 bridgehead atoms. The molecule has 8 heteroatoms. The van der Waals surface area contributed by atoms with E-state index in [2.05, 4.69) is 5.32 Å². The van der Waals surface area contributed by atoms with Gasteiger partial charge in [0.2, 0.25) is 0 Å². The van der Waals surface area contributed by atoms with Crippen LogP contribution in [-0.2, 0) is 4.79 Å². The van der Waals surface area contributed by atoms with Gasteiger partial charge in [-0.15, -0.1) is 0 Å². The van der Waals surface area contributed by atoms with E-state index >= 15 is 0 Å². The molecule has 0 radical (unpaired) electrons. The molecule has 2 N–H and O–H groups in total. The number of aliphatic carboxylic acids is 1. The van der Waals surface area contributed by atoms with Gasteiger partial charge in [0, 0.05) is 49.7 Å². The number of nitrogens with one attached hydrogen (secondary N) is 1. The van der Waals surface area contributed by atoms with Crippen molar-refractivity contribution >= 4 is 29.5 Å². The second-order valence-corrected chi connectivity index (χ2v) is 6.31. The summed E-state index contributed by atoms with van der Waals surface area (Å²) in [5, 5.41) is 11.8. The highest BCUT2D eigenvalue weighted by atomic mass is 35.5. The molecule has 0 atom stereocenters. The first-order valence-electron chi connectivity index (χ1n) is 8.27. The van der Waals surface area contributed by atoms with Crippen molar-refractivity contribution in [2.45, 2.75) is 19.3 Å². The van der Waals surface area contributed by atoms with Gasteiger partial charge in [-0.3, -0.25) is 9.59 Å². The maximum absolute atomic E-state index is 12.5. The van der Waals surface area contributed by atoms with Crippen LogP contribution in [0.25, 0.3) is 0 Å². The molecule has 1 heterocycles. The quantitative estimate of drug-likeness (QED) is 0.779. The molecule has 1 aliphatic rings. The lowest BCUT2D eigenvalue weighted by Crippen LogP contribution is -2.43. The number of urea groups is 1. The Morgan fingerprint density at radius 1 is 1.12 bits per heavy atom. The monoisotopic (exact) mass is 367 g/mol. The topological polar surface area (TPSA) is 89.9 Å². The maximum Gasteiger partial charge on any atom is 0.317 e. The highest BCUT2D eigenvalue weighted by molar-refractivity contribution is 6.30. The lowest BCUT2D eigenvalue weighted by molar-refractivity contribution is -0.137. The van der Waals surface area contributed by atoms with Gasteiger partial charge in [-0.2, -0.15) is 0 Å². The number of halogens is 1. The molecule has 1 saturated heterocycles. The van der Waals surface area contributed by atoms with Gasteiger partial charge in [0.05, 0.1) is 0 Å². The van der Waals surface area contributed by atoms with Crippen LogP contribution in [0.15, 0.2) is 24.3 Å². The third-order valence-electron chi connectivity index (χ3n) is 3.99. The fourth-order valence-corrected chi connectivity index (χ4v) is 2.86. The van der Waals surface area contributed by atoms with Crippen LogP contribution in [0, 0.1) is 0 Å². The lowest BCUT2D eigenvalue weighted by atomic mass is 10.2. The van der Waals surface area contributed by atoms with Crippen molar-refractivity contribution in [2.75, 3.05) is 32.7 Å². The second-order valence-electron chi connectivity index (χ2n) is 5.87. The van der Waals surface area contributed by atoms with Crippen molar-refractivity contribution in [3.8, 4) is 0 Å². The summed E-state index contributed by atoms with van der Waals surface area (Å²) in [5.74, 6) is -0.967. The minimum absolute atomic E-state index is 0.0300. The third-order valence-corrected chi connectivity index (χ3v) is 4.22. The Bertz CT molecular complexity index is 638. The molecule has 0 aliphatic carbocycles. The van der Waals surface area contributed by atoms with Crippen molar-refractivity contribution in [3.05, 3.63) is 34.9 Å². The van der Waals surface area contributed by atoms with Crippen molar-refractivity contribution in [1.29, 1.82) is 0 Å². The Balaban J connectivity index is 1.84. The molecule has 0 aromatic heterocycles. The van der Waals surface area contributed by atoms with Gasteiger partial charge < -0.3 is 20.2 Å². The molecule has 1 aromatic rings. The van der Waals surface area contributed by atoms with Gasteiger partial charge in [0.1, 0.15) is 0 Å². The Morgan fingerprint density at radius 2 is 1.84 bits per heavy atom. The summed E-state index contributed by atoms with van der Waals surface area (Å²) in [5.41, 5.74) is 0.541. The van der Waals surface area contributed by atoms with Crippen LogP contribution in [0.4, 0.5) is 4.79 Å². The molecule has 3 amide bonds. The summed E-state index contributed by atoms with van der Waals surface area (Å²) in [6, 6.07) is 6.61. The summed E-state index contributed by atoms with van der Waals surface area (Å²) in [6.45, 7) is 2.36. The van der Waals surface area contributed by atoms with Gasteiger partial charge in [0.15, 0.2) is 0 Å². The van der Waals surface area contributed by atoms with Crippen LogP contribution in [0.2, 0.25) is 5.02 Å². The Hall–Kier alpha value is -2.28. The maximum atomic E-state index is 12.5. The number of hydrogen-bond donors (Lipinski definition) is 2. The fourth-order valence-electron chi connectivity index (χ4n) is 2.67. The molecule has 1 aromatic carbocycles. The molecular weight excluding hydrogens is 346 g/mol. The van der Waals surface area contributed by atoms with E-state index in [4.69, 9.17) is 16.7 Å². The molecule has 0 unspecified atom stereocenters. The number of carboxylic acids is 1. The van der Waals surface area contributed by atoms with Gasteiger partial charge in [-0.05, 0) is 31.0 Å². The summed E-state index contributed by atoms with van der Waals surface area (Å²) >= 11 is 5.94. The number of carbonyl (C=O) groups is 3. The van der Waals surface area contributed by atoms with Crippen LogP contribution < -0.4 is 5.32 Å². The average molecular weight is 368 g/mol. The first-order valence-corrected chi connectivity index (χ1v) is 8.64. The average Bonchev–Trinajstić information content (AvgIpc) is 2.84. The van der Waals surface area contributed by atoms with Crippen LogP contribution in [-0.4, -0.2) is 65.5 Å². The summed E-state index contributed by atoms with van der Waals surface area (Å²) in [6.07, 6.45) is 1.12. The van der Waals surface area contributed by atoms with Crippen LogP contribution in [0.5, 0.6) is 0 Å². The van der Waals surface area contributed by atoms with Crippen molar-refractivity contribution in [1.82, 2.24) is 15.1 Å². The van der Waals surface area contributed by atoms with Crippen molar-refractivity contribution in [3.63, 3.8) is 0 Å². The summed E-state index contributed by atoms with van der Waals surface area (Å²) in [7, 11) is 0. The molecule has 2 rings (SSSR count). The van der Waals surface area contributed by atoms with E-state index in [1.54, 1.807) is 34.1 Å². The van der Waals surface area contributed by atoms with E-state index in [-0.39, 0.29) is 18.4 Å². The molecular formula is C17H22ClN3O4. The van der Waals surface area contributed by atoms with Gasteiger partial charge in [-0.1, -0.05) is 17.7 Å². The molecule has 0 spiro atoms. The Morgan fingerprint density at radius 3 is 2.56 bits per heavy atom. The van der Waals surface area contributed by atoms with E-state index in [0.29, 0.717) is 56.2 Å². The predicted octanol–water partition coefficient (Wildman–Crippen LogP) is 2.06. The second kappa shape index (κ2) is 9.27. The normalized spacial score (nSPS) is 14.8. The zero-order chi connectivity index (χ0) is 18.2. The minimum atomic E-state index is -0.876. The molecule has 25 heavy (non-hydrogen) atoms.